The van der Waals surface area contributed by atoms with Gasteiger partial charge in [0.2, 0.25) is 0 Å². The monoisotopic (exact) mass is 302 g/mol. The Hall–Kier alpha value is -1.34. The van der Waals surface area contributed by atoms with Gasteiger partial charge in [0, 0.05) is 39.1 Å². The van der Waals surface area contributed by atoms with Crippen LogP contribution in [0, 0.1) is 5.92 Å². The summed E-state index contributed by atoms with van der Waals surface area (Å²) in [5.74, 6) is -0.927. The van der Waals surface area contributed by atoms with Crippen molar-refractivity contribution >= 4 is 12.0 Å². The largest absolute Gasteiger partial charge is 0.481 e. The van der Waals surface area contributed by atoms with Gasteiger partial charge in [-0.3, -0.25) is 4.79 Å². The van der Waals surface area contributed by atoms with E-state index in [1.165, 1.54) is 4.90 Å². The van der Waals surface area contributed by atoms with Crippen LogP contribution in [0.2, 0.25) is 0 Å². The van der Waals surface area contributed by atoms with E-state index >= 15 is 0 Å². The Bertz CT molecular complexity index is 366. The summed E-state index contributed by atoms with van der Waals surface area (Å²) in [5.41, 5.74) is -0.926. The van der Waals surface area contributed by atoms with E-state index in [1.807, 2.05) is 13.8 Å². The summed E-state index contributed by atoms with van der Waals surface area (Å²) >= 11 is 0. The second-order valence-electron chi connectivity index (χ2n) is 6.09. The summed E-state index contributed by atoms with van der Waals surface area (Å²) in [6.45, 7) is 4.90. The summed E-state index contributed by atoms with van der Waals surface area (Å²) in [6, 6.07) is -0.795. The van der Waals surface area contributed by atoms with Crippen molar-refractivity contribution in [1.29, 1.82) is 0 Å². The predicted molar refractivity (Wildman–Crippen MR) is 77.0 cm³/mol. The number of nitrogens with one attached hydrogen (secondary N) is 1. The average Bonchev–Trinajstić information content (AvgIpc) is 2.37. The number of likely N-dealkylation sites (N-methyl/N-ethyl adjacent to an activating group) is 1. The zero-order chi connectivity index (χ0) is 16.0. The highest BCUT2D eigenvalue weighted by molar-refractivity contribution is 5.75. The molecule has 1 aliphatic rings. The zero-order valence-electron chi connectivity index (χ0n) is 13.0. The minimum Gasteiger partial charge on any atom is -0.481 e. The zero-order valence-corrected chi connectivity index (χ0v) is 13.0. The standard InChI is InChI=1S/C14H26N2O5/c1-10(2)11(8-12(17)18)15-13(19)16(3)9-14(20)4-6-21-7-5-14/h10-11,20H,4-9H2,1-3H3,(H,15,19)(H,17,18). The first-order valence-corrected chi connectivity index (χ1v) is 7.27. The van der Waals surface area contributed by atoms with E-state index in [0.29, 0.717) is 26.1 Å². The van der Waals surface area contributed by atoms with Crippen LogP contribution in [-0.2, 0) is 9.53 Å². The molecule has 1 unspecified atom stereocenters. The molecule has 7 nitrogen and oxygen atoms in total. The number of carbonyl (C=O) groups excluding carboxylic acids is 1. The molecule has 3 N–H and O–H groups in total. The molecule has 1 aliphatic heterocycles. The number of urea groups is 1. The van der Waals surface area contributed by atoms with Crippen molar-refractivity contribution < 1.29 is 24.5 Å². The molecule has 0 radical (unpaired) electrons. The number of carboxylic acids is 1. The van der Waals surface area contributed by atoms with Gasteiger partial charge in [-0.2, -0.15) is 0 Å². The van der Waals surface area contributed by atoms with Gasteiger partial charge in [-0.05, 0) is 5.92 Å². The minimum absolute atomic E-state index is 0.0182. The first-order valence-electron chi connectivity index (χ1n) is 7.27. The average molecular weight is 302 g/mol. The topological polar surface area (TPSA) is 99.1 Å². The molecule has 0 aromatic rings. The number of amides is 2. The molecule has 0 bridgehead atoms. The van der Waals surface area contributed by atoms with Gasteiger partial charge in [-0.25, -0.2) is 4.79 Å². The Morgan fingerprint density at radius 2 is 1.90 bits per heavy atom. The second kappa shape index (κ2) is 7.61. The first-order chi connectivity index (χ1) is 9.73. The number of carbonyl (C=O) groups is 2. The van der Waals surface area contributed by atoms with Gasteiger partial charge in [-0.15, -0.1) is 0 Å². The summed E-state index contributed by atoms with van der Waals surface area (Å²) in [7, 11) is 1.60. The quantitative estimate of drug-likeness (QED) is 0.669. The lowest BCUT2D eigenvalue weighted by molar-refractivity contribution is -0.137. The summed E-state index contributed by atoms with van der Waals surface area (Å²) < 4.78 is 5.20. The third-order valence-corrected chi connectivity index (χ3v) is 3.81. The van der Waals surface area contributed by atoms with E-state index < -0.39 is 17.6 Å². The fourth-order valence-electron chi connectivity index (χ4n) is 2.33. The Balaban J connectivity index is 2.54. The van der Waals surface area contributed by atoms with Gasteiger partial charge < -0.3 is 25.2 Å². The SMILES string of the molecule is CC(C)C(CC(=O)O)NC(=O)N(C)CC1(O)CCOCC1. The second-order valence-corrected chi connectivity index (χ2v) is 6.09. The molecule has 1 heterocycles. The highest BCUT2D eigenvalue weighted by Crippen LogP contribution is 2.21. The molecule has 21 heavy (non-hydrogen) atoms. The molecule has 2 amide bonds. The third-order valence-electron chi connectivity index (χ3n) is 3.81. The Kier molecular flexibility index (Phi) is 6.42. The third kappa shape index (κ3) is 5.89. The molecule has 0 saturated carbocycles. The van der Waals surface area contributed by atoms with Crippen LogP contribution in [0.5, 0.6) is 0 Å². The van der Waals surface area contributed by atoms with Crippen molar-refractivity contribution in [3.63, 3.8) is 0 Å². The number of rotatable bonds is 6. The van der Waals surface area contributed by atoms with Crippen molar-refractivity contribution in [2.24, 2.45) is 5.92 Å². The lowest BCUT2D eigenvalue weighted by Gasteiger charge is -2.36. The summed E-state index contributed by atoms with van der Waals surface area (Å²) in [4.78, 5) is 24.4. The number of carboxylic acid groups (broad SMARTS) is 1. The van der Waals surface area contributed by atoms with Gasteiger partial charge in [-0.1, -0.05) is 13.8 Å². The number of aliphatic carboxylic acids is 1. The smallest absolute Gasteiger partial charge is 0.317 e. The van der Waals surface area contributed by atoms with Crippen LogP contribution in [0.25, 0.3) is 0 Å². The molecular weight excluding hydrogens is 276 g/mol. The molecular formula is C14H26N2O5. The Morgan fingerprint density at radius 1 is 1.33 bits per heavy atom. The molecule has 122 valence electrons. The number of nitrogens with zero attached hydrogens (tertiary/aromatic N) is 1. The highest BCUT2D eigenvalue weighted by atomic mass is 16.5. The fraction of sp³-hybridized carbons (Fsp3) is 0.857. The van der Waals surface area contributed by atoms with E-state index in [0.717, 1.165) is 0 Å². The number of hydrogen-bond donors (Lipinski definition) is 3. The molecule has 1 saturated heterocycles. The van der Waals surface area contributed by atoms with Crippen LogP contribution < -0.4 is 5.32 Å². The normalized spacial score (nSPS) is 19.1. The maximum absolute atomic E-state index is 12.1. The number of hydrogen-bond acceptors (Lipinski definition) is 4. The van der Waals surface area contributed by atoms with Crippen LogP contribution in [0.15, 0.2) is 0 Å². The van der Waals surface area contributed by atoms with Crippen molar-refractivity contribution in [3.8, 4) is 0 Å². The van der Waals surface area contributed by atoms with Crippen LogP contribution in [-0.4, -0.2) is 65.6 Å². The molecule has 1 atom stereocenters. The summed E-state index contributed by atoms with van der Waals surface area (Å²) in [6.07, 6.45) is 0.871. The highest BCUT2D eigenvalue weighted by Gasteiger charge is 2.33. The van der Waals surface area contributed by atoms with Gasteiger partial charge in [0.05, 0.1) is 18.6 Å². The van der Waals surface area contributed by atoms with Crippen molar-refractivity contribution in [3.05, 3.63) is 0 Å². The minimum atomic E-state index is -0.945. The van der Waals surface area contributed by atoms with E-state index in [2.05, 4.69) is 5.32 Å². The van der Waals surface area contributed by atoms with Gasteiger partial charge >= 0.3 is 12.0 Å². The molecule has 1 fully saturated rings. The van der Waals surface area contributed by atoms with Crippen LogP contribution in [0.4, 0.5) is 4.79 Å². The maximum Gasteiger partial charge on any atom is 0.317 e. The molecule has 0 aliphatic carbocycles. The van der Waals surface area contributed by atoms with Gasteiger partial charge in [0.1, 0.15) is 0 Å². The lowest BCUT2D eigenvalue weighted by atomic mass is 9.94. The molecule has 1 rings (SSSR count). The van der Waals surface area contributed by atoms with E-state index in [1.54, 1.807) is 7.05 Å². The van der Waals surface area contributed by atoms with E-state index in [9.17, 15) is 14.7 Å². The van der Waals surface area contributed by atoms with E-state index in [4.69, 9.17) is 9.84 Å². The number of aliphatic hydroxyl groups is 1. The summed E-state index contributed by atoms with van der Waals surface area (Å²) in [5, 5.41) is 22.0. The molecule has 0 spiro atoms. The maximum atomic E-state index is 12.1. The van der Waals surface area contributed by atoms with Crippen molar-refractivity contribution in [2.45, 2.75) is 44.8 Å². The fourth-order valence-corrected chi connectivity index (χ4v) is 2.33. The van der Waals surface area contributed by atoms with Crippen LogP contribution in [0.3, 0.4) is 0 Å². The van der Waals surface area contributed by atoms with Gasteiger partial charge in [0.15, 0.2) is 0 Å². The van der Waals surface area contributed by atoms with E-state index in [-0.39, 0.29) is 24.9 Å². The molecule has 0 aromatic carbocycles. The Morgan fingerprint density at radius 3 is 2.38 bits per heavy atom. The lowest BCUT2D eigenvalue weighted by Crippen LogP contribution is -2.52. The first kappa shape index (κ1) is 17.7. The number of ether oxygens (including phenoxy) is 1. The molecule has 7 heteroatoms. The van der Waals surface area contributed by atoms with Crippen LogP contribution >= 0.6 is 0 Å². The van der Waals surface area contributed by atoms with Gasteiger partial charge in [0.25, 0.3) is 0 Å². The predicted octanol–water partition coefficient (Wildman–Crippen LogP) is 0.669. The van der Waals surface area contributed by atoms with Crippen LogP contribution in [0.1, 0.15) is 33.1 Å². The van der Waals surface area contributed by atoms with Crippen molar-refractivity contribution in [1.82, 2.24) is 10.2 Å². The molecule has 0 aromatic heterocycles. The Labute approximate surface area is 125 Å². The van der Waals surface area contributed by atoms with Crippen molar-refractivity contribution in [2.75, 3.05) is 26.8 Å².